The Bertz CT molecular complexity index is 778. The van der Waals surface area contributed by atoms with Crippen molar-refractivity contribution in [3.63, 3.8) is 0 Å². The summed E-state index contributed by atoms with van der Waals surface area (Å²) in [5.41, 5.74) is 1.03. The third-order valence-electron chi connectivity index (χ3n) is 3.04. The number of aliphatic hydroxyl groups is 1. The van der Waals surface area contributed by atoms with E-state index >= 15 is 0 Å². The molecule has 0 radical (unpaired) electrons. The number of H-pyrrole nitrogens is 1. The second-order valence-corrected chi connectivity index (χ2v) is 4.83. The zero-order valence-electron chi connectivity index (χ0n) is 10.7. The molecule has 1 aromatic carbocycles. The molecule has 2 aromatic heterocycles. The van der Waals surface area contributed by atoms with Gasteiger partial charge in [0.05, 0.1) is 22.7 Å². The second kappa shape index (κ2) is 5.63. The van der Waals surface area contributed by atoms with Crippen LogP contribution in [0.3, 0.4) is 0 Å². The molecular formula is C13H11ClFN5O. The molecule has 108 valence electrons. The monoisotopic (exact) mass is 307 g/mol. The van der Waals surface area contributed by atoms with Gasteiger partial charge in [-0.2, -0.15) is 5.10 Å². The summed E-state index contributed by atoms with van der Waals surface area (Å²) in [4.78, 5) is 8.10. The number of nitrogens with one attached hydrogen (secondary N) is 2. The molecule has 1 unspecified atom stereocenters. The van der Waals surface area contributed by atoms with Crippen molar-refractivity contribution in [1.82, 2.24) is 20.2 Å². The van der Waals surface area contributed by atoms with Gasteiger partial charge in [0, 0.05) is 6.54 Å². The highest BCUT2D eigenvalue weighted by Crippen LogP contribution is 2.22. The Morgan fingerprint density at radius 2 is 2.24 bits per heavy atom. The summed E-state index contributed by atoms with van der Waals surface area (Å²) in [6, 6.07) is 4.20. The Morgan fingerprint density at radius 3 is 3.05 bits per heavy atom. The number of halogens is 2. The number of anilines is 1. The fourth-order valence-electron chi connectivity index (χ4n) is 1.94. The summed E-state index contributed by atoms with van der Waals surface area (Å²) in [5, 5.41) is 20.4. The molecule has 3 aromatic rings. The van der Waals surface area contributed by atoms with Crippen molar-refractivity contribution in [3.05, 3.63) is 47.1 Å². The first-order valence-electron chi connectivity index (χ1n) is 6.16. The Hall–Kier alpha value is -2.25. The zero-order valence-corrected chi connectivity index (χ0v) is 11.5. The summed E-state index contributed by atoms with van der Waals surface area (Å²) in [7, 11) is 0. The van der Waals surface area contributed by atoms with Crippen LogP contribution in [0, 0.1) is 5.82 Å². The molecule has 3 rings (SSSR count). The van der Waals surface area contributed by atoms with E-state index in [-0.39, 0.29) is 11.6 Å². The van der Waals surface area contributed by atoms with E-state index in [1.54, 1.807) is 12.3 Å². The van der Waals surface area contributed by atoms with Gasteiger partial charge >= 0.3 is 0 Å². The van der Waals surface area contributed by atoms with Crippen LogP contribution in [0.1, 0.15) is 11.7 Å². The average Bonchev–Trinajstić information content (AvgIpc) is 2.96. The fraction of sp³-hybridized carbons (Fsp3) is 0.154. The fourth-order valence-corrected chi connectivity index (χ4v) is 2.05. The molecule has 0 aliphatic carbocycles. The van der Waals surface area contributed by atoms with Gasteiger partial charge in [-0.3, -0.25) is 5.10 Å². The van der Waals surface area contributed by atoms with Crippen LogP contribution < -0.4 is 5.32 Å². The van der Waals surface area contributed by atoms with Gasteiger partial charge in [0.1, 0.15) is 18.0 Å². The molecule has 2 heterocycles. The number of aromatic nitrogens is 4. The van der Waals surface area contributed by atoms with Gasteiger partial charge in [-0.1, -0.05) is 17.7 Å². The van der Waals surface area contributed by atoms with Crippen LogP contribution in [0.2, 0.25) is 5.02 Å². The lowest BCUT2D eigenvalue weighted by molar-refractivity contribution is 0.191. The Kier molecular flexibility index (Phi) is 3.68. The summed E-state index contributed by atoms with van der Waals surface area (Å²) >= 11 is 5.61. The van der Waals surface area contributed by atoms with Gasteiger partial charge in [-0.15, -0.1) is 0 Å². The van der Waals surface area contributed by atoms with Crippen molar-refractivity contribution >= 4 is 28.5 Å². The maximum Gasteiger partial charge on any atom is 0.160 e. The second-order valence-electron chi connectivity index (χ2n) is 4.42. The number of aromatic amines is 1. The first-order valence-corrected chi connectivity index (χ1v) is 6.54. The summed E-state index contributed by atoms with van der Waals surface area (Å²) in [6.07, 6.45) is 2.08. The van der Waals surface area contributed by atoms with E-state index in [0.717, 1.165) is 0 Å². The Morgan fingerprint density at radius 1 is 1.38 bits per heavy atom. The van der Waals surface area contributed by atoms with Crippen molar-refractivity contribution in [2.24, 2.45) is 0 Å². The molecule has 0 aliphatic heterocycles. The number of benzene rings is 1. The van der Waals surface area contributed by atoms with Gasteiger partial charge in [-0.05, 0) is 17.7 Å². The van der Waals surface area contributed by atoms with E-state index in [2.05, 4.69) is 25.5 Å². The maximum atomic E-state index is 13.4. The molecule has 6 nitrogen and oxygen atoms in total. The molecule has 21 heavy (non-hydrogen) atoms. The molecule has 1 atom stereocenters. The Labute approximate surface area is 124 Å². The minimum absolute atomic E-state index is 0.0230. The number of hydrogen-bond donors (Lipinski definition) is 3. The number of fused-ring (bicyclic) bond motifs is 1. The molecular weight excluding hydrogens is 297 g/mol. The normalized spacial score (nSPS) is 12.5. The maximum absolute atomic E-state index is 13.4. The molecule has 0 aliphatic rings. The predicted octanol–water partition coefficient (Wildman–Crippen LogP) is 2.29. The molecule has 0 fully saturated rings. The number of nitrogens with zero attached hydrogens (tertiary/aromatic N) is 3. The lowest BCUT2D eigenvalue weighted by atomic mass is 10.1. The number of hydrogen-bond acceptors (Lipinski definition) is 5. The van der Waals surface area contributed by atoms with Crippen LogP contribution in [0.25, 0.3) is 11.0 Å². The minimum Gasteiger partial charge on any atom is -0.387 e. The lowest BCUT2D eigenvalue weighted by Crippen LogP contribution is -2.13. The van der Waals surface area contributed by atoms with Gasteiger partial charge < -0.3 is 10.4 Å². The molecule has 0 spiro atoms. The highest BCUT2D eigenvalue weighted by molar-refractivity contribution is 6.30. The van der Waals surface area contributed by atoms with Gasteiger partial charge in [0.2, 0.25) is 0 Å². The summed E-state index contributed by atoms with van der Waals surface area (Å²) in [6.45, 7) is 0.165. The molecule has 0 bridgehead atoms. The molecule has 8 heteroatoms. The van der Waals surface area contributed by atoms with E-state index in [1.807, 2.05) is 0 Å². The number of rotatable bonds is 4. The van der Waals surface area contributed by atoms with Crippen LogP contribution in [0.4, 0.5) is 10.2 Å². The standard InChI is InChI=1S/C13H11ClFN5O/c14-9-2-1-7(3-10(9)15)11(21)5-16-12-8-4-19-20-13(8)18-6-17-12/h1-4,6,11,21H,5H2,(H2,16,17,18,19,20). The van der Waals surface area contributed by atoms with Crippen LogP contribution in [-0.4, -0.2) is 31.8 Å². The lowest BCUT2D eigenvalue weighted by Gasteiger charge is -2.13. The zero-order chi connectivity index (χ0) is 14.8. The number of aliphatic hydroxyl groups excluding tert-OH is 1. The van der Waals surface area contributed by atoms with Crippen LogP contribution in [0.15, 0.2) is 30.7 Å². The van der Waals surface area contributed by atoms with Crippen molar-refractivity contribution < 1.29 is 9.50 Å². The summed E-state index contributed by atoms with van der Waals surface area (Å²) in [5.74, 6) is -0.0188. The minimum atomic E-state index is -0.895. The third kappa shape index (κ3) is 2.79. The molecule has 0 saturated carbocycles. The third-order valence-corrected chi connectivity index (χ3v) is 3.35. The Balaban J connectivity index is 1.75. The average molecular weight is 308 g/mol. The van der Waals surface area contributed by atoms with Gasteiger partial charge in [0.15, 0.2) is 5.65 Å². The van der Waals surface area contributed by atoms with Crippen molar-refractivity contribution in [1.29, 1.82) is 0 Å². The van der Waals surface area contributed by atoms with E-state index in [1.165, 1.54) is 18.5 Å². The van der Waals surface area contributed by atoms with E-state index in [4.69, 9.17) is 11.6 Å². The van der Waals surface area contributed by atoms with Crippen molar-refractivity contribution in [3.8, 4) is 0 Å². The quantitative estimate of drug-likeness (QED) is 0.688. The SMILES string of the molecule is OC(CNc1ncnc2[nH]ncc12)c1ccc(Cl)c(F)c1. The highest BCUT2D eigenvalue weighted by atomic mass is 35.5. The summed E-state index contributed by atoms with van der Waals surface area (Å²) < 4.78 is 13.4. The first kappa shape index (κ1) is 13.7. The van der Waals surface area contributed by atoms with E-state index in [9.17, 15) is 9.50 Å². The van der Waals surface area contributed by atoms with Crippen molar-refractivity contribution in [2.45, 2.75) is 6.10 Å². The van der Waals surface area contributed by atoms with Crippen LogP contribution >= 0.6 is 11.6 Å². The van der Waals surface area contributed by atoms with Crippen LogP contribution in [0.5, 0.6) is 0 Å². The van der Waals surface area contributed by atoms with Crippen LogP contribution in [-0.2, 0) is 0 Å². The van der Waals surface area contributed by atoms with Gasteiger partial charge in [-0.25, -0.2) is 14.4 Å². The topological polar surface area (TPSA) is 86.7 Å². The molecule has 0 saturated heterocycles. The van der Waals surface area contributed by atoms with E-state index in [0.29, 0.717) is 22.4 Å². The smallest absolute Gasteiger partial charge is 0.160 e. The van der Waals surface area contributed by atoms with Gasteiger partial charge in [0.25, 0.3) is 0 Å². The largest absolute Gasteiger partial charge is 0.387 e. The highest BCUT2D eigenvalue weighted by Gasteiger charge is 2.12. The van der Waals surface area contributed by atoms with E-state index < -0.39 is 11.9 Å². The molecule has 0 amide bonds. The molecule has 3 N–H and O–H groups in total. The predicted molar refractivity (Wildman–Crippen MR) is 76.5 cm³/mol. The first-order chi connectivity index (χ1) is 10.1. The van der Waals surface area contributed by atoms with Crippen molar-refractivity contribution in [2.75, 3.05) is 11.9 Å².